The summed E-state index contributed by atoms with van der Waals surface area (Å²) >= 11 is 1.40. The number of hydrogen-bond donors (Lipinski definition) is 2. The van der Waals surface area contributed by atoms with Gasteiger partial charge < -0.3 is 0 Å². The Bertz CT molecular complexity index is 1050. The zero-order chi connectivity index (χ0) is 18.4. The van der Waals surface area contributed by atoms with E-state index >= 15 is 0 Å². The highest BCUT2D eigenvalue weighted by atomic mass is 32.2. The van der Waals surface area contributed by atoms with Crippen LogP contribution in [0.1, 0.15) is 21.0 Å². The SMILES string of the molecule is Cc1cc(-c2c(C)sc(C)c2S(=O)(=O)Nc2ccc(C)c(F)c2)n[nH]1. The summed E-state index contributed by atoms with van der Waals surface area (Å²) in [6.07, 6.45) is 0. The van der Waals surface area contributed by atoms with E-state index in [4.69, 9.17) is 0 Å². The number of benzene rings is 1. The topological polar surface area (TPSA) is 74.8 Å². The van der Waals surface area contributed by atoms with Crippen LogP contribution in [-0.2, 0) is 10.0 Å². The van der Waals surface area contributed by atoms with E-state index in [0.29, 0.717) is 21.7 Å². The molecule has 0 saturated heterocycles. The van der Waals surface area contributed by atoms with Crippen LogP contribution in [-0.4, -0.2) is 18.6 Å². The third-order valence-corrected chi connectivity index (χ3v) is 6.56. The predicted molar refractivity (Wildman–Crippen MR) is 98.1 cm³/mol. The van der Waals surface area contributed by atoms with Crippen molar-refractivity contribution >= 4 is 27.0 Å². The van der Waals surface area contributed by atoms with Crippen LogP contribution in [0.25, 0.3) is 11.3 Å². The minimum atomic E-state index is -3.88. The van der Waals surface area contributed by atoms with Crippen molar-refractivity contribution in [2.45, 2.75) is 32.6 Å². The van der Waals surface area contributed by atoms with Crippen LogP contribution in [0.5, 0.6) is 0 Å². The van der Waals surface area contributed by atoms with Crippen molar-refractivity contribution in [2.75, 3.05) is 4.72 Å². The second-order valence-electron chi connectivity index (χ2n) is 5.92. The number of halogens is 1. The molecule has 0 fully saturated rings. The van der Waals surface area contributed by atoms with Gasteiger partial charge in [-0.25, -0.2) is 12.8 Å². The van der Waals surface area contributed by atoms with Gasteiger partial charge in [0.2, 0.25) is 0 Å². The molecular weight excluding hydrogens is 361 g/mol. The molecule has 0 unspecified atom stereocenters. The first-order valence-corrected chi connectivity index (χ1v) is 9.90. The summed E-state index contributed by atoms with van der Waals surface area (Å²) < 4.78 is 42.2. The van der Waals surface area contributed by atoms with E-state index in [1.807, 2.05) is 13.8 Å². The molecule has 0 atom stereocenters. The second kappa shape index (κ2) is 6.27. The van der Waals surface area contributed by atoms with E-state index in [-0.39, 0.29) is 10.6 Å². The number of hydrogen-bond acceptors (Lipinski definition) is 4. The highest BCUT2D eigenvalue weighted by molar-refractivity contribution is 7.93. The highest BCUT2D eigenvalue weighted by Gasteiger charge is 2.27. The molecule has 0 bridgehead atoms. The Morgan fingerprint density at radius 3 is 2.44 bits per heavy atom. The van der Waals surface area contributed by atoms with Crippen molar-refractivity contribution in [1.29, 1.82) is 0 Å². The molecule has 0 saturated carbocycles. The van der Waals surface area contributed by atoms with E-state index in [1.54, 1.807) is 26.0 Å². The maximum Gasteiger partial charge on any atom is 0.263 e. The van der Waals surface area contributed by atoms with Crippen LogP contribution >= 0.6 is 11.3 Å². The van der Waals surface area contributed by atoms with Crippen molar-refractivity contribution in [2.24, 2.45) is 0 Å². The third kappa shape index (κ3) is 3.32. The molecule has 0 aliphatic heterocycles. The van der Waals surface area contributed by atoms with E-state index in [2.05, 4.69) is 14.9 Å². The fourth-order valence-electron chi connectivity index (χ4n) is 2.69. The molecule has 5 nitrogen and oxygen atoms in total. The molecular formula is C17H18FN3O2S2. The van der Waals surface area contributed by atoms with E-state index in [9.17, 15) is 12.8 Å². The molecule has 0 aliphatic rings. The lowest BCUT2D eigenvalue weighted by Gasteiger charge is -2.10. The fourth-order valence-corrected chi connectivity index (χ4v) is 5.62. The number of aromatic nitrogens is 2. The van der Waals surface area contributed by atoms with E-state index in [1.165, 1.54) is 23.5 Å². The van der Waals surface area contributed by atoms with Gasteiger partial charge in [0.25, 0.3) is 10.0 Å². The summed E-state index contributed by atoms with van der Waals surface area (Å²) in [5, 5.41) is 7.03. The third-order valence-electron chi connectivity index (χ3n) is 3.86. The summed E-state index contributed by atoms with van der Waals surface area (Å²) in [4.78, 5) is 1.70. The van der Waals surface area contributed by atoms with Gasteiger partial charge >= 0.3 is 0 Å². The average Bonchev–Trinajstić information content (AvgIpc) is 3.05. The van der Waals surface area contributed by atoms with Crippen molar-refractivity contribution in [3.63, 3.8) is 0 Å². The smallest absolute Gasteiger partial charge is 0.263 e. The van der Waals surface area contributed by atoms with Gasteiger partial charge in [-0.1, -0.05) is 6.07 Å². The lowest BCUT2D eigenvalue weighted by atomic mass is 10.2. The minimum absolute atomic E-state index is 0.183. The molecule has 0 aliphatic carbocycles. The van der Waals surface area contributed by atoms with Crippen LogP contribution < -0.4 is 4.72 Å². The van der Waals surface area contributed by atoms with Crippen LogP contribution in [0.4, 0.5) is 10.1 Å². The van der Waals surface area contributed by atoms with Gasteiger partial charge in [-0.3, -0.25) is 9.82 Å². The number of aryl methyl sites for hydroxylation is 4. The average molecular weight is 379 g/mol. The van der Waals surface area contributed by atoms with Crippen LogP contribution in [0.15, 0.2) is 29.2 Å². The number of rotatable bonds is 4. The molecule has 132 valence electrons. The van der Waals surface area contributed by atoms with Crippen molar-refractivity contribution < 1.29 is 12.8 Å². The van der Waals surface area contributed by atoms with Crippen molar-refractivity contribution in [3.8, 4) is 11.3 Å². The largest absolute Gasteiger partial charge is 0.282 e. The van der Waals surface area contributed by atoms with Gasteiger partial charge in [0.05, 0.1) is 11.4 Å². The molecule has 2 heterocycles. The molecule has 2 aromatic heterocycles. The number of nitrogens with zero attached hydrogens (tertiary/aromatic N) is 1. The summed E-state index contributed by atoms with van der Waals surface area (Å²) in [7, 11) is -3.88. The Hall–Kier alpha value is -2.19. The van der Waals surface area contributed by atoms with Gasteiger partial charge in [0, 0.05) is 21.0 Å². The zero-order valence-electron chi connectivity index (χ0n) is 14.3. The number of anilines is 1. The normalized spacial score (nSPS) is 11.7. The van der Waals surface area contributed by atoms with Crippen LogP contribution in [0.3, 0.4) is 0 Å². The maximum absolute atomic E-state index is 13.7. The van der Waals surface area contributed by atoms with Crippen LogP contribution in [0.2, 0.25) is 0 Å². The summed E-state index contributed by atoms with van der Waals surface area (Å²) in [5.41, 5.74) is 2.64. The van der Waals surface area contributed by atoms with Crippen molar-refractivity contribution in [1.82, 2.24) is 10.2 Å². The number of thiophene rings is 1. The van der Waals surface area contributed by atoms with E-state index < -0.39 is 15.8 Å². The summed E-state index contributed by atoms with van der Waals surface area (Å²) in [5.74, 6) is -0.457. The van der Waals surface area contributed by atoms with Gasteiger partial charge in [0.1, 0.15) is 10.7 Å². The highest BCUT2D eigenvalue weighted by Crippen LogP contribution is 2.39. The second-order valence-corrected chi connectivity index (χ2v) is 8.97. The number of nitrogens with one attached hydrogen (secondary N) is 2. The molecule has 0 amide bonds. The first kappa shape index (κ1) is 17.6. The van der Waals surface area contributed by atoms with E-state index in [0.717, 1.165) is 10.6 Å². The number of aromatic amines is 1. The first-order chi connectivity index (χ1) is 11.7. The molecule has 3 aromatic rings. The molecule has 0 radical (unpaired) electrons. The molecule has 0 spiro atoms. The Labute approximate surface area is 150 Å². The summed E-state index contributed by atoms with van der Waals surface area (Å²) in [6, 6.07) is 6.07. The summed E-state index contributed by atoms with van der Waals surface area (Å²) in [6.45, 7) is 7.09. The molecule has 2 N–H and O–H groups in total. The monoisotopic (exact) mass is 379 g/mol. The lowest BCUT2D eigenvalue weighted by Crippen LogP contribution is -2.14. The first-order valence-electron chi connectivity index (χ1n) is 7.60. The Morgan fingerprint density at radius 2 is 1.84 bits per heavy atom. The molecule has 3 rings (SSSR count). The lowest BCUT2D eigenvalue weighted by molar-refractivity contribution is 0.601. The van der Waals surface area contributed by atoms with Crippen LogP contribution in [0, 0.1) is 33.5 Å². The van der Waals surface area contributed by atoms with Gasteiger partial charge in [-0.05, 0) is 51.5 Å². The van der Waals surface area contributed by atoms with Gasteiger partial charge in [-0.2, -0.15) is 5.10 Å². The minimum Gasteiger partial charge on any atom is -0.282 e. The Balaban J connectivity index is 2.10. The quantitative estimate of drug-likeness (QED) is 0.709. The fraction of sp³-hybridized carbons (Fsp3) is 0.235. The Kier molecular flexibility index (Phi) is 4.42. The Morgan fingerprint density at radius 1 is 1.12 bits per heavy atom. The number of H-pyrrole nitrogens is 1. The zero-order valence-corrected chi connectivity index (χ0v) is 15.9. The maximum atomic E-state index is 13.7. The number of sulfonamides is 1. The van der Waals surface area contributed by atoms with Gasteiger partial charge in [0.15, 0.2) is 0 Å². The molecule has 25 heavy (non-hydrogen) atoms. The predicted octanol–water partition coefficient (Wildman–Crippen LogP) is 4.31. The molecule has 1 aromatic carbocycles. The standard InChI is InChI=1S/C17H18FN3O2S2/c1-9-5-6-13(8-14(9)18)21-25(22,23)17-12(4)24-11(3)16(17)15-7-10(2)19-20-15/h5-8,21H,1-4H3,(H,19,20). The van der Waals surface area contributed by atoms with Gasteiger partial charge in [-0.15, -0.1) is 11.3 Å². The molecule has 8 heteroatoms. The van der Waals surface area contributed by atoms with Crippen molar-refractivity contribution in [3.05, 3.63) is 51.1 Å².